The third-order valence-corrected chi connectivity index (χ3v) is 5.41. The van der Waals surface area contributed by atoms with Crippen LogP contribution < -0.4 is 10.2 Å². The molecule has 4 heterocycles. The van der Waals surface area contributed by atoms with Crippen molar-refractivity contribution in [1.29, 1.82) is 0 Å². The van der Waals surface area contributed by atoms with Gasteiger partial charge in [0.2, 0.25) is 11.9 Å². The number of fused-ring (bicyclic) bond motifs is 1. The first-order chi connectivity index (χ1) is 16.3. The maximum atomic E-state index is 5.39. The molecule has 11 nitrogen and oxygen atoms in total. The maximum Gasteiger partial charge on any atom is 0.245 e. The number of nitrogens with one attached hydrogen (secondary N) is 1. The Morgan fingerprint density at radius 2 is 1.73 bits per heavy atom. The fourth-order valence-electron chi connectivity index (χ4n) is 3.67. The van der Waals surface area contributed by atoms with E-state index in [0.29, 0.717) is 19.2 Å². The lowest BCUT2D eigenvalue weighted by atomic mass is 10.2. The van der Waals surface area contributed by atoms with Gasteiger partial charge in [0.1, 0.15) is 19.0 Å². The van der Waals surface area contributed by atoms with E-state index in [1.165, 1.54) is 6.33 Å². The molecule has 33 heavy (non-hydrogen) atoms. The molecule has 0 amide bonds. The topological polar surface area (TPSA) is 112 Å². The fourth-order valence-corrected chi connectivity index (χ4v) is 3.67. The fraction of sp³-hybridized carbons (Fsp3) is 0.182. The van der Waals surface area contributed by atoms with E-state index in [-0.39, 0.29) is 0 Å². The lowest BCUT2D eigenvalue weighted by Crippen LogP contribution is -2.37. The van der Waals surface area contributed by atoms with E-state index in [0.717, 1.165) is 47.0 Å². The normalized spacial score (nSPS) is 14.0. The third-order valence-electron chi connectivity index (χ3n) is 5.41. The summed E-state index contributed by atoms with van der Waals surface area (Å²) in [4.78, 5) is 19.6. The highest BCUT2D eigenvalue weighted by molar-refractivity contribution is 5.81. The Labute approximate surface area is 188 Å². The second-order valence-corrected chi connectivity index (χ2v) is 7.54. The molecule has 1 N–H and O–H groups in total. The van der Waals surface area contributed by atoms with Crippen LogP contribution in [0.15, 0.2) is 67.6 Å². The van der Waals surface area contributed by atoms with Crippen molar-refractivity contribution in [2.45, 2.75) is 0 Å². The predicted molar refractivity (Wildman–Crippen MR) is 122 cm³/mol. The van der Waals surface area contributed by atoms with Crippen LogP contribution in [-0.2, 0) is 4.74 Å². The van der Waals surface area contributed by atoms with Gasteiger partial charge in [0.05, 0.1) is 30.1 Å². The number of nitrogens with zero attached hydrogens (tertiary/aromatic N) is 9. The zero-order valence-corrected chi connectivity index (χ0v) is 17.6. The van der Waals surface area contributed by atoms with Crippen LogP contribution in [-0.4, -0.2) is 65.8 Å². The zero-order valence-electron chi connectivity index (χ0n) is 17.6. The summed E-state index contributed by atoms with van der Waals surface area (Å²) in [6.45, 7) is 3.01. The van der Waals surface area contributed by atoms with Gasteiger partial charge in [-0.3, -0.25) is 0 Å². The number of rotatable bonds is 5. The molecule has 1 aliphatic rings. The van der Waals surface area contributed by atoms with Gasteiger partial charge < -0.3 is 15.0 Å². The smallest absolute Gasteiger partial charge is 0.245 e. The van der Waals surface area contributed by atoms with Crippen molar-refractivity contribution in [3.63, 3.8) is 0 Å². The van der Waals surface area contributed by atoms with Crippen LogP contribution >= 0.6 is 0 Å². The molecule has 6 rings (SSSR count). The minimum Gasteiger partial charge on any atom is -0.378 e. The molecular formula is C22H20N10O. The molecule has 0 radical (unpaired) electrons. The monoisotopic (exact) mass is 440 g/mol. The SMILES string of the molecule is c1ncn(-c2ccc3cnc(Nc4ccc(-n5cnc(N6CCOCC6)n5)cc4)nc3c2)n1. The number of benzene rings is 2. The lowest BCUT2D eigenvalue weighted by Gasteiger charge is -2.25. The predicted octanol–water partition coefficient (Wildman–Crippen LogP) is 2.37. The van der Waals surface area contributed by atoms with E-state index in [2.05, 4.69) is 40.3 Å². The first kappa shape index (κ1) is 19.3. The van der Waals surface area contributed by atoms with Gasteiger partial charge in [-0.25, -0.2) is 24.3 Å². The molecule has 1 fully saturated rings. The van der Waals surface area contributed by atoms with Gasteiger partial charge in [0.25, 0.3) is 0 Å². The van der Waals surface area contributed by atoms with Crippen LogP contribution in [0.2, 0.25) is 0 Å². The Bertz CT molecular complexity index is 1370. The van der Waals surface area contributed by atoms with E-state index < -0.39 is 0 Å². The van der Waals surface area contributed by atoms with Crippen LogP contribution in [0.1, 0.15) is 0 Å². The van der Waals surface area contributed by atoms with Gasteiger partial charge in [0.15, 0.2) is 0 Å². The van der Waals surface area contributed by atoms with Gasteiger partial charge in [-0.05, 0) is 42.5 Å². The van der Waals surface area contributed by atoms with Crippen molar-refractivity contribution >= 4 is 28.5 Å². The Hall–Kier alpha value is -4.38. The highest BCUT2D eigenvalue weighted by atomic mass is 16.5. The summed E-state index contributed by atoms with van der Waals surface area (Å²) in [5.74, 6) is 1.23. The third kappa shape index (κ3) is 3.96. The largest absolute Gasteiger partial charge is 0.378 e. The maximum absolute atomic E-state index is 5.39. The first-order valence-electron chi connectivity index (χ1n) is 10.6. The summed E-state index contributed by atoms with van der Waals surface area (Å²) in [6.07, 6.45) is 6.69. The average molecular weight is 440 g/mol. The van der Waals surface area contributed by atoms with Gasteiger partial charge in [0, 0.05) is 30.4 Å². The second kappa shape index (κ2) is 8.28. The van der Waals surface area contributed by atoms with Crippen molar-refractivity contribution in [2.75, 3.05) is 36.5 Å². The van der Waals surface area contributed by atoms with Gasteiger partial charge in [-0.15, -0.1) is 5.10 Å². The minimum atomic E-state index is 0.515. The molecule has 1 saturated heterocycles. The van der Waals surface area contributed by atoms with E-state index in [1.54, 1.807) is 28.2 Å². The molecule has 5 aromatic rings. The van der Waals surface area contributed by atoms with E-state index in [4.69, 9.17) is 4.74 Å². The molecule has 0 aliphatic carbocycles. The van der Waals surface area contributed by atoms with E-state index in [1.807, 2.05) is 42.5 Å². The number of morpholine rings is 1. The highest BCUT2D eigenvalue weighted by Gasteiger charge is 2.15. The Balaban J connectivity index is 1.19. The van der Waals surface area contributed by atoms with Gasteiger partial charge in [-0.1, -0.05) is 0 Å². The van der Waals surface area contributed by atoms with Crippen molar-refractivity contribution in [1.82, 2.24) is 39.5 Å². The van der Waals surface area contributed by atoms with Crippen molar-refractivity contribution in [2.24, 2.45) is 0 Å². The number of ether oxygens (including phenoxy) is 1. The van der Waals surface area contributed by atoms with Crippen molar-refractivity contribution < 1.29 is 4.74 Å². The molecule has 1 aliphatic heterocycles. The van der Waals surface area contributed by atoms with Crippen LogP contribution in [0.5, 0.6) is 0 Å². The summed E-state index contributed by atoms with van der Waals surface area (Å²) in [5, 5.41) is 13.0. The number of anilines is 3. The number of hydrogen-bond acceptors (Lipinski definition) is 9. The standard InChI is InChI=1S/C22H20N10O/c1-4-19(31-14-23-13-26-31)11-20-16(1)12-24-21(28-20)27-17-2-5-18(6-3-17)32-15-25-22(29-32)30-7-9-33-10-8-30/h1-6,11-15H,7-10H2,(H,24,27,28). The summed E-state index contributed by atoms with van der Waals surface area (Å²) in [5.41, 5.74) is 3.50. The number of hydrogen-bond donors (Lipinski definition) is 1. The van der Waals surface area contributed by atoms with Crippen molar-refractivity contribution in [3.05, 3.63) is 67.6 Å². The van der Waals surface area contributed by atoms with Gasteiger partial charge in [-0.2, -0.15) is 10.1 Å². The first-order valence-corrected chi connectivity index (χ1v) is 10.6. The Morgan fingerprint density at radius 1 is 0.879 bits per heavy atom. The highest BCUT2D eigenvalue weighted by Crippen LogP contribution is 2.20. The molecular weight excluding hydrogens is 420 g/mol. The van der Waals surface area contributed by atoms with Crippen LogP contribution in [0.3, 0.4) is 0 Å². The summed E-state index contributed by atoms with van der Waals surface area (Å²) in [6, 6.07) is 13.8. The quantitative estimate of drug-likeness (QED) is 0.440. The molecule has 0 atom stereocenters. The van der Waals surface area contributed by atoms with Crippen LogP contribution in [0.25, 0.3) is 22.3 Å². The number of aromatic nitrogens is 8. The Morgan fingerprint density at radius 3 is 2.55 bits per heavy atom. The molecule has 0 unspecified atom stereocenters. The zero-order chi connectivity index (χ0) is 22.0. The Kier molecular flexibility index (Phi) is 4.85. The van der Waals surface area contributed by atoms with Crippen LogP contribution in [0.4, 0.5) is 17.6 Å². The summed E-state index contributed by atoms with van der Waals surface area (Å²) < 4.78 is 8.86. The molecule has 0 bridgehead atoms. The van der Waals surface area contributed by atoms with Crippen molar-refractivity contribution in [3.8, 4) is 11.4 Å². The molecule has 11 heteroatoms. The summed E-state index contributed by atoms with van der Waals surface area (Å²) in [7, 11) is 0. The molecule has 2 aromatic carbocycles. The average Bonchev–Trinajstić information content (AvgIpc) is 3.58. The summed E-state index contributed by atoms with van der Waals surface area (Å²) >= 11 is 0. The molecule has 0 saturated carbocycles. The molecule has 0 spiro atoms. The second-order valence-electron chi connectivity index (χ2n) is 7.54. The van der Waals surface area contributed by atoms with Gasteiger partial charge >= 0.3 is 0 Å². The lowest BCUT2D eigenvalue weighted by molar-refractivity contribution is 0.122. The van der Waals surface area contributed by atoms with E-state index >= 15 is 0 Å². The molecule has 164 valence electrons. The minimum absolute atomic E-state index is 0.515. The van der Waals surface area contributed by atoms with Crippen LogP contribution in [0, 0.1) is 0 Å². The molecule has 3 aromatic heterocycles. The van der Waals surface area contributed by atoms with E-state index in [9.17, 15) is 0 Å².